The summed E-state index contributed by atoms with van der Waals surface area (Å²) in [6.45, 7) is -0.0344. The molecule has 1 aromatic rings. The second-order valence-corrected chi connectivity index (χ2v) is 6.71. The molecule has 0 aromatic heterocycles. The molecule has 1 saturated heterocycles. The van der Waals surface area contributed by atoms with Crippen molar-refractivity contribution in [2.24, 2.45) is 11.8 Å². The largest absolute Gasteiger partial charge is 0.494 e. The van der Waals surface area contributed by atoms with E-state index in [9.17, 15) is 18.8 Å². The van der Waals surface area contributed by atoms with E-state index < -0.39 is 11.8 Å². The molecule has 0 spiro atoms. The van der Waals surface area contributed by atoms with Crippen molar-refractivity contribution in [3.05, 3.63) is 29.6 Å². The minimum absolute atomic E-state index is 0.0421. The number of carbonyl (C=O) groups excluding carboxylic acids is 3. The van der Waals surface area contributed by atoms with Gasteiger partial charge in [0.25, 0.3) is 0 Å². The van der Waals surface area contributed by atoms with Crippen LogP contribution in [0.5, 0.6) is 5.75 Å². The zero-order valence-electron chi connectivity index (χ0n) is 14.7. The Labute approximate surface area is 151 Å². The smallest absolute Gasteiger partial charge is 0.307 e. The summed E-state index contributed by atoms with van der Waals surface area (Å²) >= 11 is 0. The lowest BCUT2D eigenvalue weighted by Gasteiger charge is -2.19. The van der Waals surface area contributed by atoms with Gasteiger partial charge in [0.15, 0.2) is 11.6 Å². The van der Waals surface area contributed by atoms with Gasteiger partial charge in [0.1, 0.15) is 6.61 Å². The lowest BCUT2D eigenvalue weighted by Crippen LogP contribution is -2.33. The Morgan fingerprint density at radius 3 is 2.42 bits per heavy atom. The first-order chi connectivity index (χ1) is 12.5. The number of benzene rings is 1. The monoisotopic (exact) mass is 363 g/mol. The summed E-state index contributed by atoms with van der Waals surface area (Å²) in [4.78, 5) is 37.8. The summed E-state index contributed by atoms with van der Waals surface area (Å²) in [7, 11) is 1.37. The van der Waals surface area contributed by atoms with Gasteiger partial charge in [-0.2, -0.15) is 0 Å². The highest BCUT2D eigenvalue weighted by Crippen LogP contribution is 2.37. The van der Waals surface area contributed by atoms with Crippen LogP contribution >= 0.6 is 0 Å². The molecule has 26 heavy (non-hydrogen) atoms. The third-order valence-electron chi connectivity index (χ3n) is 5.09. The summed E-state index contributed by atoms with van der Waals surface area (Å²) in [6.07, 6.45) is 3.37. The van der Waals surface area contributed by atoms with E-state index in [-0.39, 0.29) is 49.0 Å². The van der Waals surface area contributed by atoms with Crippen LogP contribution in [0.1, 0.15) is 37.7 Å². The molecule has 7 heteroatoms. The van der Waals surface area contributed by atoms with Crippen LogP contribution in [0.2, 0.25) is 0 Å². The molecule has 2 atom stereocenters. The Bertz CT molecular complexity index is 696. The van der Waals surface area contributed by atoms with Gasteiger partial charge in [-0.3, -0.25) is 19.3 Å². The maximum absolute atomic E-state index is 13.6. The molecule has 0 unspecified atom stereocenters. The SMILES string of the molecule is COc1ccc(COC(=O)CCN2C(=O)[C@H]3CCCC[C@H]3C2=O)cc1F. The molecule has 3 rings (SSSR count). The van der Waals surface area contributed by atoms with Crippen LogP contribution in [-0.4, -0.2) is 36.3 Å². The molecular formula is C19H22FNO5. The van der Waals surface area contributed by atoms with Crippen molar-refractivity contribution >= 4 is 17.8 Å². The van der Waals surface area contributed by atoms with E-state index in [4.69, 9.17) is 9.47 Å². The quantitative estimate of drug-likeness (QED) is 0.573. The van der Waals surface area contributed by atoms with Crippen molar-refractivity contribution in [2.45, 2.75) is 38.7 Å². The zero-order chi connectivity index (χ0) is 18.7. The number of halogens is 1. The van der Waals surface area contributed by atoms with Crippen molar-refractivity contribution in [1.29, 1.82) is 0 Å². The van der Waals surface area contributed by atoms with Crippen molar-refractivity contribution < 1.29 is 28.2 Å². The maximum atomic E-state index is 13.6. The van der Waals surface area contributed by atoms with Gasteiger partial charge in [-0.15, -0.1) is 0 Å². The average Bonchev–Trinajstić information content (AvgIpc) is 2.89. The second-order valence-electron chi connectivity index (χ2n) is 6.71. The van der Waals surface area contributed by atoms with Gasteiger partial charge in [0.2, 0.25) is 11.8 Å². The maximum Gasteiger partial charge on any atom is 0.307 e. The Hall–Kier alpha value is -2.44. The highest BCUT2D eigenvalue weighted by Gasteiger charge is 2.47. The number of amides is 2. The summed E-state index contributed by atoms with van der Waals surface area (Å²) in [6, 6.07) is 4.31. The number of rotatable bonds is 6. The van der Waals surface area contributed by atoms with E-state index in [2.05, 4.69) is 0 Å². The highest BCUT2D eigenvalue weighted by atomic mass is 19.1. The van der Waals surface area contributed by atoms with Crippen LogP contribution in [-0.2, 0) is 25.7 Å². The molecule has 1 aromatic carbocycles. The highest BCUT2D eigenvalue weighted by molar-refractivity contribution is 6.05. The fraction of sp³-hybridized carbons (Fsp3) is 0.526. The molecule has 0 bridgehead atoms. The van der Waals surface area contributed by atoms with Crippen LogP contribution in [0.15, 0.2) is 18.2 Å². The standard InChI is InChI=1S/C19H22FNO5/c1-25-16-7-6-12(10-15(16)20)11-26-17(22)8-9-21-18(23)13-4-2-3-5-14(13)19(21)24/h6-7,10,13-14H,2-5,8-9,11H2,1H3/t13-,14+. The summed E-state index contributed by atoms with van der Waals surface area (Å²) in [5.41, 5.74) is 0.496. The summed E-state index contributed by atoms with van der Waals surface area (Å²) in [5.74, 6) is -1.69. The van der Waals surface area contributed by atoms with Crippen LogP contribution in [0.4, 0.5) is 4.39 Å². The van der Waals surface area contributed by atoms with Crippen LogP contribution in [0, 0.1) is 17.7 Å². The molecule has 1 aliphatic heterocycles. The number of esters is 1. The molecule has 6 nitrogen and oxygen atoms in total. The number of hydrogen-bond acceptors (Lipinski definition) is 5. The molecule has 2 fully saturated rings. The van der Waals surface area contributed by atoms with Crippen LogP contribution < -0.4 is 4.74 Å². The van der Waals surface area contributed by atoms with Gasteiger partial charge in [-0.1, -0.05) is 18.9 Å². The first-order valence-electron chi connectivity index (χ1n) is 8.84. The molecule has 1 saturated carbocycles. The van der Waals surface area contributed by atoms with Crippen molar-refractivity contribution in [3.63, 3.8) is 0 Å². The van der Waals surface area contributed by atoms with Gasteiger partial charge in [0.05, 0.1) is 25.4 Å². The van der Waals surface area contributed by atoms with Crippen LogP contribution in [0.25, 0.3) is 0 Å². The number of hydrogen-bond donors (Lipinski definition) is 0. The van der Waals surface area contributed by atoms with E-state index in [1.54, 1.807) is 6.07 Å². The Kier molecular flexibility index (Phi) is 5.54. The fourth-order valence-corrected chi connectivity index (χ4v) is 3.69. The van der Waals surface area contributed by atoms with Crippen molar-refractivity contribution in [1.82, 2.24) is 4.90 Å². The zero-order valence-corrected chi connectivity index (χ0v) is 14.7. The Morgan fingerprint density at radius 2 is 1.85 bits per heavy atom. The normalized spacial score (nSPS) is 22.3. The predicted molar refractivity (Wildman–Crippen MR) is 89.5 cm³/mol. The van der Waals surface area contributed by atoms with Gasteiger partial charge < -0.3 is 9.47 Å². The van der Waals surface area contributed by atoms with Gasteiger partial charge in [0, 0.05) is 6.54 Å². The van der Waals surface area contributed by atoms with Gasteiger partial charge >= 0.3 is 5.97 Å². The molecule has 2 aliphatic rings. The van der Waals surface area contributed by atoms with Gasteiger partial charge in [-0.25, -0.2) is 4.39 Å². The van der Waals surface area contributed by atoms with E-state index in [1.807, 2.05) is 0 Å². The number of fused-ring (bicyclic) bond motifs is 1. The predicted octanol–water partition coefficient (Wildman–Crippen LogP) is 2.44. The lowest BCUT2D eigenvalue weighted by molar-refractivity contribution is -0.146. The van der Waals surface area contributed by atoms with E-state index in [0.29, 0.717) is 5.56 Å². The van der Waals surface area contributed by atoms with Crippen molar-refractivity contribution in [2.75, 3.05) is 13.7 Å². The van der Waals surface area contributed by atoms with E-state index in [1.165, 1.54) is 24.1 Å². The number of ether oxygens (including phenoxy) is 2. The fourth-order valence-electron chi connectivity index (χ4n) is 3.69. The van der Waals surface area contributed by atoms with Crippen LogP contribution in [0.3, 0.4) is 0 Å². The second kappa shape index (κ2) is 7.85. The third kappa shape index (κ3) is 3.71. The molecular weight excluding hydrogens is 341 g/mol. The topological polar surface area (TPSA) is 72.9 Å². The number of imide groups is 1. The summed E-state index contributed by atoms with van der Waals surface area (Å²) < 4.78 is 23.6. The Balaban J connectivity index is 1.49. The first kappa shape index (κ1) is 18.4. The number of nitrogens with zero attached hydrogens (tertiary/aromatic N) is 1. The van der Waals surface area contributed by atoms with E-state index in [0.717, 1.165) is 25.7 Å². The lowest BCUT2D eigenvalue weighted by atomic mass is 9.81. The molecule has 1 aliphatic carbocycles. The summed E-state index contributed by atoms with van der Waals surface area (Å²) in [5, 5.41) is 0. The first-order valence-corrected chi connectivity index (χ1v) is 8.84. The molecule has 0 N–H and O–H groups in total. The molecule has 0 radical (unpaired) electrons. The van der Waals surface area contributed by atoms with Crippen molar-refractivity contribution in [3.8, 4) is 5.75 Å². The minimum Gasteiger partial charge on any atom is -0.494 e. The average molecular weight is 363 g/mol. The number of methoxy groups -OCH3 is 1. The molecule has 2 amide bonds. The number of carbonyl (C=O) groups is 3. The van der Waals surface area contributed by atoms with Gasteiger partial charge in [-0.05, 0) is 30.5 Å². The molecule has 1 heterocycles. The number of likely N-dealkylation sites (tertiary alicyclic amines) is 1. The molecule has 140 valence electrons. The Morgan fingerprint density at radius 1 is 1.19 bits per heavy atom. The minimum atomic E-state index is -0.531. The van der Waals surface area contributed by atoms with E-state index >= 15 is 0 Å². The third-order valence-corrected chi connectivity index (χ3v) is 5.09.